The average molecular weight is 480 g/mol. The molecule has 4 fully saturated rings. The first-order chi connectivity index (χ1) is 16.2. The maximum Gasteiger partial charge on any atom is 0.418 e. The molecule has 2 amide bonds. The van der Waals surface area contributed by atoms with Gasteiger partial charge in [0.15, 0.2) is 0 Å². The fraction of sp³-hybridized carbons (Fsp3) is 0.680. The summed E-state index contributed by atoms with van der Waals surface area (Å²) in [5.41, 5.74) is -1.02. The molecule has 3 saturated heterocycles. The molecule has 0 radical (unpaired) electrons. The van der Waals surface area contributed by atoms with E-state index in [1.54, 1.807) is 11.0 Å². The molecular formula is C25H32F3N3O3. The molecule has 1 N–H and O–H groups in total. The van der Waals surface area contributed by atoms with Gasteiger partial charge in [0.1, 0.15) is 0 Å². The first-order valence-corrected chi connectivity index (χ1v) is 12.4. The fourth-order valence-electron chi connectivity index (χ4n) is 6.40. The normalized spacial score (nSPS) is 30.6. The second-order valence-electron chi connectivity index (χ2n) is 10.4. The van der Waals surface area contributed by atoms with Crippen molar-refractivity contribution in [3.8, 4) is 0 Å². The van der Waals surface area contributed by atoms with E-state index < -0.39 is 17.2 Å². The van der Waals surface area contributed by atoms with Crippen LogP contribution in [-0.4, -0.2) is 60.1 Å². The second kappa shape index (κ2) is 8.73. The van der Waals surface area contributed by atoms with Gasteiger partial charge in [-0.1, -0.05) is 0 Å². The summed E-state index contributed by atoms with van der Waals surface area (Å²) in [4.78, 5) is 30.7. The van der Waals surface area contributed by atoms with Crippen LogP contribution in [0.25, 0.3) is 0 Å². The van der Waals surface area contributed by atoms with E-state index in [1.807, 2.05) is 4.90 Å². The molecule has 9 heteroatoms. The zero-order valence-corrected chi connectivity index (χ0v) is 19.3. The molecular weight excluding hydrogens is 447 g/mol. The second-order valence-corrected chi connectivity index (χ2v) is 10.4. The molecule has 0 unspecified atom stereocenters. The van der Waals surface area contributed by atoms with E-state index in [9.17, 15) is 27.9 Å². The van der Waals surface area contributed by atoms with Crippen LogP contribution in [0, 0.1) is 5.41 Å². The Hall–Kier alpha value is -2.29. The standard InChI is InChI=1S/C25H32F3N3O3/c26-25(27,28)20-15-18(30-13-1-3-22(30)33)6-9-21(20)29-12-2-10-24(16-29)11-14-31(23(24)34)17-4-7-19(32)8-5-17/h6,9,15,17,19,32H,1-5,7-8,10-14,16H2/t17?,19?,24-/m1/s1. The Labute approximate surface area is 197 Å². The smallest absolute Gasteiger partial charge is 0.393 e. The van der Waals surface area contributed by atoms with Gasteiger partial charge in [-0.2, -0.15) is 13.2 Å². The molecule has 1 atom stereocenters. The average Bonchev–Trinajstić information content (AvgIpc) is 3.37. The van der Waals surface area contributed by atoms with Gasteiger partial charge in [0, 0.05) is 50.0 Å². The molecule has 1 aliphatic carbocycles. The number of hydrogen-bond donors (Lipinski definition) is 1. The number of rotatable bonds is 3. The van der Waals surface area contributed by atoms with Gasteiger partial charge in [-0.05, 0) is 69.6 Å². The lowest BCUT2D eigenvalue weighted by Gasteiger charge is -2.42. The number of anilines is 2. The summed E-state index contributed by atoms with van der Waals surface area (Å²) in [6, 6.07) is 4.29. The Kier molecular flexibility index (Phi) is 6.02. The van der Waals surface area contributed by atoms with Crippen LogP contribution < -0.4 is 9.80 Å². The maximum absolute atomic E-state index is 14.1. The van der Waals surface area contributed by atoms with Gasteiger partial charge in [0.25, 0.3) is 0 Å². The number of carbonyl (C=O) groups excluding carboxylic acids is 2. The summed E-state index contributed by atoms with van der Waals surface area (Å²) in [6.45, 7) is 1.82. The van der Waals surface area contributed by atoms with E-state index in [2.05, 4.69) is 0 Å². The van der Waals surface area contributed by atoms with E-state index >= 15 is 0 Å². The Balaban J connectivity index is 1.39. The predicted molar refractivity (Wildman–Crippen MR) is 122 cm³/mol. The number of likely N-dealkylation sites (tertiary alicyclic amines) is 1. The van der Waals surface area contributed by atoms with E-state index in [0.29, 0.717) is 64.6 Å². The predicted octanol–water partition coefficient (Wildman–Crippen LogP) is 3.95. The Morgan fingerprint density at radius 1 is 0.971 bits per heavy atom. The van der Waals surface area contributed by atoms with E-state index in [-0.39, 0.29) is 41.9 Å². The van der Waals surface area contributed by atoms with Crippen molar-refractivity contribution in [1.82, 2.24) is 4.90 Å². The molecule has 0 bridgehead atoms. The summed E-state index contributed by atoms with van der Waals surface area (Å²) >= 11 is 0. The topological polar surface area (TPSA) is 64.1 Å². The molecule has 1 aromatic rings. The van der Waals surface area contributed by atoms with Gasteiger partial charge >= 0.3 is 6.18 Å². The van der Waals surface area contributed by atoms with Crippen molar-refractivity contribution in [2.45, 2.75) is 76.1 Å². The highest BCUT2D eigenvalue weighted by molar-refractivity contribution is 5.95. The monoisotopic (exact) mass is 479 g/mol. The Morgan fingerprint density at radius 2 is 1.74 bits per heavy atom. The first kappa shape index (κ1) is 23.5. The van der Waals surface area contributed by atoms with Gasteiger partial charge in [-0.15, -0.1) is 0 Å². The molecule has 3 aliphatic heterocycles. The maximum atomic E-state index is 14.1. The molecule has 1 saturated carbocycles. The number of amides is 2. The van der Waals surface area contributed by atoms with Crippen LogP contribution in [0.5, 0.6) is 0 Å². The van der Waals surface area contributed by atoms with Gasteiger partial charge < -0.3 is 19.8 Å². The van der Waals surface area contributed by atoms with Crippen LogP contribution in [0.15, 0.2) is 18.2 Å². The van der Waals surface area contributed by atoms with Crippen LogP contribution in [0.4, 0.5) is 24.5 Å². The van der Waals surface area contributed by atoms with Crippen molar-refractivity contribution < 1.29 is 27.9 Å². The minimum absolute atomic E-state index is 0.0615. The third-order valence-electron chi connectivity index (χ3n) is 8.24. The summed E-state index contributed by atoms with van der Waals surface area (Å²) in [5, 5.41) is 9.81. The molecule has 3 heterocycles. The SMILES string of the molecule is O=C1CCCN1c1ccc(N2CCC[C@@]3(CCN(C4CCC(O)CC4)C3=O)C2)c(C(F)(F)F)c1. The van der Waals surface area contributed by atoms with Crippen molar-refractivity contribution in [1.29, 1.82) is 0 Å². The minimum atomic E-state index is -4.56. The zero-order valence-electron chi connectivity index (χ0n) is 19.3. The van der Waals surface area contributed by atoms with Gasteiger partial charge in [-0.25, -0.2) is 0 Å². The lowest BCUT2D eigenvalue weighted by molar-refractivity contribution is -0.139. The van der Waals surface area contributed by atoms with E-state index in [1.165, 1.54) is 11.0 Å². The first-order valence-electron chi connectivity index (χ1n) is 12.4. The van der Waals surface area contributed by atoms with Crippen molar-refractivity contribution in [2.24, 2.45) is 5.41 Å². The lowest BCUT2D eigenvalue weighted by atomic mass is 9.78. The van der Waals surface area contributed by atoms with Crippen molar-refractivity contribution in [2.75, 3.05) is 36.0 Å². The number of halogens is 3. The summed E-state index contributed by atoms with van der Waals surface area (Å²) in [7, 11) is 0. The van der Waals surface area contributed by atoms with Crippen LogP contribution in [0.2, 0.25) is 0 Å². The quantitative estimate of drug-likeness (QED) is 0.713. The third-order valence-corrected chi connectivity index (χ3v) is 8.24. The molecule has 1 aromatic carbocycles. The number of benzene rings is 1. The number of aliphatic hydroxyl groups is 1. The number of nitrogens with zero attached hydrogens (tertiary/aromatic N) is 3. The van der Waals surface area contributed by atoms with Crippen LogP contribution in [0.3, 0.4) is 0 Å². The molecule has 6 nitrogen and oxygen atoms in total. The van der Waals surface area contributed by atoms with Gasteiger partial charge in [0.2, 0.25) is 11.8 Å². The number of piperidine rings is 1. The molecule has 5 rings (SSSR count). The van der Waals surface area contributed by atoms with E-state index in [4.69, 9.17) is 0 Å². The van der Waals surface area contributed by atoms with Crippen LogP contribution in [-0.2, 0) is 15.8 Å². The molecule has 34 heavy (non-hydrogen) atoms. The summed E-state index contributed by atoms with van der Waals surface area (Å²) in [5.74, 6) is -0.0869. The number of alkyl halides is 3. The highest BCUT2D eigenvalue weighted by Gasteiger charge is 2.51. The highest BCUT2D eigenvalue weighted by Crippen LogP contribution is 2.46. The van der Waals surface area contributed by atoms with Crippen molar-refractivity contribution in [3.63, 3.8) is 0 Å². The summed E-state index contributed by atoms with van der Waals surface area (Å²) < 4.78 is 42.4. The number of carbonyl (C=O) groups is 2. The summed E-state index contributed by atoms with van der Waals surface area (Å²) in [6.07, 6.45) is 1.09. The third kappa shape index (κ3) is 4.16. The van der Waals surface area contributed by atoms with Crippen LogP contribution >= 0.6 is 0 Å². The molecule has 0 aromatic heterocycles. The van der Waals surface area contributed by atoms with Crippen molar-refractivity contribution in [3.05, 3.63) is 23.8 Å². The largest absolute Gasteiger partial charge is 0.418 e. The minimum Gasteiger partial charge on any atom is -0.393 e. The molecule has 4 aliphatic rings. The highest BCUT2D eigenvalue weighted by atomic mass is 19.4. The van der Waals surface area contributed by atoms with Crippen LogP contribution in [0.1, 0.15) is 63.4 Å². The molecule has 1 spiro atoms. The van der Waals surface area contributed by atoms with Gasteiger partial charge in [-0.3, -0.25) is 9.59 Å². The van der Waals surface area contributed by atoms with Gasteiger partial charge in [0.05, 0.1) is 17.1 Å². The number of hydrogen-bond acceptors (Lipinski definition) is 4. The van der Waals surface area contributed by atoms with E-state index in [0.717, 1.165) is 18.9 Å². The zero-order chi connectivity index (χ0) is 24.1. The van der Waals surface area contributed by atoms with Crippen molar-refractivity contribution >= 4 is 23.2 Å². The lowest BCUT2D eigenvalue weighted by Crippen LogP contribution is -2.50. The Bertz CT molecular complexity index is 960. The Morgan fingerprint density at radius 3 is 2.41 bits per heavy atom. The molecule has 186 valence electrons. The number of aliphatic hydroxyl groups excluding tert-OH is 1. The fourth-order valence-corrected chi connectivity index (χ4v) is 6.40.